The molecule has 24 heavy (non-hydrogen) atoms. The summed E-state index contributed by atoms with van der Waals surface area (Å²) in [6.07, 6.45) is 14.9. The fourth-order valence-electron chi connectivity index (χ4n) is 4.36. The van der Waals surface area contributed by atoms with Crippen molar-refractivity contribution in [1.29, 1.82) is 0 Å². The molecule has 1 radical (unpaired) electrons. The average molecular weight is 323 g/mol. The van der Waals surface area contributed by atoms with Crippen LogP contribution in [0.15, 0.2) is 22.8 Å². The van der Waals surface area contributed by atoms with E-state index in [1.807, 2.05) is 6.26 Å². The van der Waals surface area contributed by atoms with Crippen LogP contribution < -0.4 is 0 Å². The van der Waals surface area contributed by atoms with E-state index in [2.05, 4.69) is 67.0 Å². The fraction of sp³-hybridized carbons (Fsp3) is 0.636. The molecule has 1 nitrogen and oxygen atoms in total. The maximum atomic E-state index is 6.01. The molecule has 0 aromatic carbocycles. The van der Waals surface area contributed by atoms with Crippen LogP contribution in [0.5, 0.6) is 0 Å². The Balaban J connectivity index is 2.12. The molecule has 1 atom stereocenters. The van der Waals surface area contributed by atoms with Gasteiger partial charge < -0.3 is 4.42 Å². The van der Waals surface area contributed by atoms with Crippen molar-refractivity contribution in [2.45, 2.75) is 78.9 Å². The maximum absolute atomic E-state index is 6.01. The molecule has 3 heterocycles. The second kappa shape index (κ2) is 5.97. The van der Waals surface area contributed by atoms with Crippen LogP contribution >= 0.6 is 0 Å². The summed E-state index contributed by atoms with van der Waals surface area (Å²) < 4.78 is 6.01. The van der Waals surface area contributed by atoms with Gasteiger partial charge in [-0.2, -0.15) is 0 Å². The lowest BCUT2D eigenvalue weighted by Gasteiger charge is -2.46. The number of hydrogen-bond donors (Lipinski definition) is 0. The van der Waals surface area contributed by atoms with Crippen LogP contribution in [0, 0.1) is 10.8 Å². The first-order valence-electron chi connectivity index (χ1n) is 9.44. The van der Waals surface area contributed by atoms with Gasteiger partial charge in [0.05, 0.1) is 6.26 Å². The van der Waals surface area contributed by atoms with Gasteiger partial charge in [-0.25, -0.2) is 0 Å². The van der Waals surface area contributed by atoms with Crippen molar-refractivity contribution in [3.63, 3.8) is 0 Å². The molecule has 1 unspecified atom stereocenters. The second-order valence-corrected chi connectivity index (χ2v) is 9.74. The first-order valence-corrected chi connectivity index (χ1v) is 9.44. The molecule has 0 fully saturated rings. The number of hydrogen-bond acceptors (Lipinski definition) is 1. The third-order valence-corrected chi connectivity index (χ3v) is 6.23. The Bertz CT molecular complexity index is 663. The Labute approximate surface area is 148 Å². The van der Waals surface area contributed by atoms with E-state index in [-0.39, 0.29) is 5.41 Å². The predicted molar refractivity (Wildman–Crippen MR) is 106 cm³/mol. The molecule has 1 aromatic heterocycles. The van der Waals surface area contributed by atoms with E-state index in [4.69, 9.17) is 4.42 Å². The minimum absolute atomic E-state index is 0.105. The van der Waals surface area contributed by atoms with E-state index in [9.17, 15) is 0 Å². The highest BCUT2D eigenvalue weighted by atomic mass is 16.3. The number of furan rings is 1. The maximum Gasteiger partial charge on any atom is 0.134 e. The van der Waals surface area contributed by atoms with Crippen LogP contribution in [0.1, 0.15) is 77.7 Å². The molecule has 1 aliphatic carbocycles. The van der Waals surface area contributed by atoms with E-state index < -0.39 is 0 Å². The van der Waals surface area contributed by atoms with Crippen molar-refractivity contribution in [2.24, 2.45) is 10.8 Å². The van der Waals surface area contributed by atoms with E-state index in [0.29, 0.717) is 10.8 Å². The summed E-state index contributed by atoms with van der Waals surface area (Å²) in [7, 11) is 2.53. The fourth-order valence-corrected chi connectivity index (χ4v) is 4.36. The molecule has 2 heteroatoms. The number of fused-ring (bicyclic) bond motifs is 5. The van der Waals surface area contributed by atoms with Crippen LogP contribution in [-0.2, 0) is 5.41 Å². The highest BCUT2D eigenvalue weighted by molar-refractivity contribution is 6.39. The largest absolute Gasteiger partial charge is 0.464 e. The van der Waals surface area contributed by atoms with Crippen molar-refractivity contribution in [3.8, 4) is 0 Å². The molecular weight excluding hydrogens is 291 g/mol. The van der Waals surface area contributed by atoms with Crippen LogP contribution in [0.25, 0.3) is 11.6 Å². The highest BCUT2D eigenvalue weighted by Gasteiger charge is 2.41. The molecule has 0 saturated heterocycles. The molecule has 1 aromatic rings. The van der Waals surface area contributed by atoms with Gasteiger partial charge in [0, 0.05) is 11.1 Å². The van der Waals surface area contributed by atoms with Crippen molar-refractivity contribution in [2.75, 3.05) is 0 Å². The lowest BCUT2D eigenvalue weighted by molar-refractivity contribution is 0.101. The topological polar surface area (TPSA) is 13.1 Å². The first kappa shape index (κ1) is 17.6. The Morgan fingerprint density at radius 3 is 2.54 bits per heavy atom. The molecule has 129 valence electrons. The standard InChI is InChI=1S/C22H32BO/c1-20(2,3)17-14-24-18-10-8-12-22(21(4,5)6)11-7-9-16(19(17)18)13-23-15-22/h8-10,14H,7,11-13,15H2,1-6H3/b10-8?,16-9+. The Kier molecular flexibility index (Phi) is 4.39. The smallest absolute Gasteiger partial charge is 0.134 e. The predicted octanol–water partition coefficient (Wildman–Crippen LogP) is 6.74. The summed E-state index contributed by atoms with van der Waals surface area (Å²) in [5.41, 5.74) is 4.90. The van der Waals surface area contributed by atoms with Crippen LogP contribution in [-0.4, -0.2) is 7.28 Å². The minimum atomic E-state index is 0.105. The molecule has 2 aliphatic heterocycles. The monoisotopic (exact) mass is 323 g/mol. The molecule has 2 bridgehead atoms. The SMILES string of the molecule is CC(C)(C)c1coc2c1/C1=C/CCC(C(C)(C)C)(C[B]C1)CC=C2. The zero-order chi connectivity index (χ0) is 17.6. The van der Waals surface area contributed by atoms with Crippen LogP contribution in [0.4, 0.5) is 0 Å². The van der Waals surface area contributed by atoms with Gasteiger partial charge in [-0.15, -0.1) is 0 Å². The van der Waals surface area contributed by atoms with Gasteiger partial charge in [0.25, 0.3) is 0 Å². The van der Waals surface area contributed by atoms with Gasteiger partial charge in [0.15, 0.2) is 0 Å². The Hall–Kier alpha value is -1.18. The van der Waals surface area contributed by atoms with E-state index >= 15 is 0 Å². The lowest BCUT2D eigenvalue weighted by atomic mass is 9.48. The summed E-state index contributed by atoms with van der Waals surface area (Å²) in [5.74, 6) is 1.05. The van der Waals surface area contributed by atoms with Crippen molar-refractivity contribution >= 4 is 18.9 Å². The quantitative estimate of drug-likeness (QED) is 0.482. The van der Waals surface area contributed by atoms with Gasteiger partial charge in [0.1, 0.15) is 13.0 Å². The molecule has 4 rings (SSSR count). The molecular formula is C22H32BO. The summed E-state index contributed by atoms with van der Waals surface area (Å²) >= 11 is 0. The van der Waals surface area contributed by atoms with Crippen LogP contribution in [0.2, 0.25) is 12.6 Å². The minimum Gasteiger partial charge on any atom is -0.464 e. The molecule has 3 aliphatic rings. The first-order chi connectivity index (χ1) is 11.1. The Morgan fingerprint density at radius 1 is 1.12 bits per heavy atom. The zero-order valence-electron chi connectivity index (χ0n) is 16.3. The number of allylic oxidation sites excluding steroid dienone is 3. The Morgan fingerprint density at radius 2 is 1.88 bits per heavy atom. The second-order valence-electron chi connectivity index (χ2n) is 9.74. The van der Waals surface area contributed by atoms with Crippen molar-refractivity contribution in [3.05, 3.63) is 35.3 Å². The molecule has 0 spiro atoms. The average Bonchev–Trinajstić information content (AvgIpc) is 2.85. The van der Waals surface area contributed by atoms with Gasteiger partial charge >= 0.3 is 0 Å². The zero-order valence-corrected chi connectivity index (χ0v) is 16.3. The summed E-state index contributed by atoms with van der Waals surface area (Å²) in [4.78, 5) is 0. The van der Waals surface area contributed by atoms with E-state index in [1.165, 1.54) is 35.9 Å². The summed E-state index contributed by atoms with van der Waals surface area (Å²) in [6.45, 7) is 14.0. The van der Waals surface area contributed by atoms with Gasteiger partial charge in [-0.1, -0.05) is 66.3 Å². The third-order valence-electron chi connectivity index (χ3n) is 6.23. The molecule has 0 saturated carbocycles. The van der Waals surface area contributed by atoms with Gasteiger partial charge in [0.2, 0.25) is 0 Å². The summed E-state index contributed by atoms with van der Waals surface area (Å²) in [5, 5.41) is 0. The lowest BCUT2D eigenvalue weighted by Crippen LogP contribution is -2.37. The van der Waals surface area contributed by atoms with Crippen molar-refractivity contribution < 1.29 is 4.42 Å². The third kappa shape index (κ3) is 3.05. The van der Waals surface area contributed by atoms with E-state index in [0.717, 1.165) is 18.5 Å². The number of rotatable bonds is 0. The highest BCUT2D eigenvalue weighted by Crippen LogP contribution is 2.51. The van der Waals surface area contributed by atoms with Crippen molar-refractivity contribution in [1.82, 2.24) is 0 Å². The van der Waals surface area contributed by atoms with Gasteiger partial charge in [-0.3, -0.25) is 0 Å². The van der Waals surface area contributed by atoms with Crippen LogP contribution in [0.3, 0.4) is 0 Å². The normalized spacial score (nSPS) is 27.0. The van der Waals surface area contributed by atoms with Gasteiger partial charge in [-0.05, 0) is 47.2 Å². The molecule has 0 N–H and O–H groups in total. The van der Waals surface area contributed by atoms with E-state index in [1.54, 1.807) is 0 Å². The molecule has 0 amide bonds. The summed E-state index contributed by atoms with van der Waals surface area (Å²) in [6, 6.07) is 0.